The Hall–Kier alpha value is -3.57. The molecule has 5 rings (SSSR count). The third-order valence-corrected chi connectivity index (χ3v) is 10.3. The summed E-state index contributed by atoms with van der Waals surface area (Å²) in [4.78, 5) is 22.9. The Morgan fingerprint density at radius 2 is 1.88 bits per heavy atom. The molecule has 0 saturated carbocycles. The zero-order valence-corrected chi connectivity index (χ0v) is 26.0. The van der Waals surface area contributed by atoms with E-state index in [0.717, 1.165) is 36.3 Å². The largest absolute Gasteiger partial charge is 0.488 e. The summed E-state index contributed by atoms with van der Waals surface area (Å²) in [5.74, 6) is 1.65. The number of fused-ring (bicyclic) bond motifs is 1. The number of carbonyl (C=O) groups excluding carboxylic acids is 1. The molecule has 1 fully saturated rings. The highest BCUT2D eigenvalue weighted by Gasteiger charge is 2.33. The van der Waals surface area contributed by atoms with Crippen molar-refractivity contribution in [3.8, 4) is 5.75 Å². The number of anilines is 4. The Labute approximate surface area is 251 Å². The van der Waals surface area contributed by atoms with Gasteiger partial charge in [-0.2, -0.15) is 4.98 Å². The number of aromatic nitrogens is 2. The highest BCUT2D eigenvalue weighted by Crippen LogP contribution is 2.46. The van der Waals surface area contributed by atoms with E-state index in [2.05, 4.69) is 33.6 Å². The molecule has 1 amide bonds. The van der Waals surface area contributed by atoms with E-state index in [4.69, 9.17) is 21.1 Å². The molecule has 0 bridgehead atoms. The van der Waals surface area contributed by atoms with Gasteiger partial charge in [0.05, 0.1) is 34.8 Å². The molecule has 2 aliphatic rings. The fraction of sp³-hybridized carbons (Fsp3) is 0.433. The van der Waals surface area contributed by atoms with E-state index in [-0.39, 0.29) is 33.9 Å². The fourth-order valence-corrected chi connectivity index (χ4v) is 7.07. The molecule has 3 heterocycles. The molecule has 3 aromatic rings. The SMILES string of the molecule is COC(=O)N1CCC(c2c(C)cc(Nc3ncc(Cl)c(Nc4ccccc4S(=O)(=O)C(C)C)n3)c3c2C[C@H](C)O3)CC1. The van der Waals surface area contributed by atoms with Gasteiger partial charge in [-0.15, -0.1) is 0 Å². The van der Waals surface area contributed by atoms with Crippen LogP contribution in [0.5, 0.6) is 5.75 Å². The molecule has 1 atom stereocenters. The first kappa shape index (κ1) is 29.9. The number of rotatable bonds is 7. The van der Waals surface area contributed by atoms with E-state index >= 15 is 0 Å². The number of aryl methyl sites for hydroxylation is 1. The van der Waals surface area contributed by atoms with Crippen LogP contribution >= 0.6 is 11.6 Å². The number of benzene rings is 2. The average Bonchev–Trinajstić information content (AvgIpc) is 3.36. The van der Waals surface area contributed by atoms with Crippen LogP contribution in [-0.2, 0) is 21.0 Å². The lowest BCUT2D eigenvalue weighted by Crippen LogP contribution is -2.38. The van der Waals surface area contributed by atoms with Crippen LogP contribution in [0.2, 0.25) is 5.02 Å². The fourth-order valence-electron chi connectivity index (χ4n) is 5.73. The van der Waals surface area contributed by atoms with E-state index in [1.165, 1.54) is 24.4 Å². The van der Waals surface area contributed by atoms with Crippen LogP contribution in [0, 0.1) is 6.92 Å². The van der Waals surface area contributed by atoms with Crippen molar-refractivity contribution in [1.29, 1.82) is 0 Å². The summed E-state index contributed by atoms with van der Waals surface area (Å²) in [5, 5.41) is 6.06. The van der Waals surface area contributed by atoms with Crippen molar-refractivity contribution >= 4 is 50.7 Å². The highest BCUT2D eigenvalue weighted by atomic mass is 35.5. The Morgan fingerprint density at radius 1 is 1.17 bits per heavy atom. The number of para-hydroxylation sites is 1. The Morgan fingerprint density at radius 3 is 2.57 bits per heavy atom. The van der Waals surface area contributed by atoms with Gasteiger partial charge in [0, 0.05) is 25.1 Å². The molecule has 1 saturated heterocycles. The standard InChI is InChI=1S/C30H36ClN5O5S/c1-17(2)42(38,39)25-9-7-6-8-23(25)33-28-22(31)16-32-29(35-28)34-24-14-18(3)26(21-15-19(4)41-27(21)24)20-10-12-36(13-11-20)30(37)40-5/h6-9,14,16-17,19-20H,10-13,15H2,1-5H3,(H2,32,33,34,35)/t19-/m0/s1. The van der Waals surface area contributed by atoms with Crippen LogP contribution in [0.3, 0.4) is 0 Å². The molecule has 2 aliphatic heterocycles. The van der Waals surface area contributed by atoms with Crippen molar-refractivity contribution < 1.29 is 22.7 Å². The second kappa shape index (κ2) is 12.0. The zero-order chi connectivity index (χ0) is 30.2. The molecular weight excluding hydrogens is 578 g/mol. The minimum absolute atomic E-state index is 0.0130. The first-order chi connectivity index (χ1) is 20.0. The van der Waals surface area contributed by atoms with Crippen LogP contribution in [0.4, 0.5) is 27.9 Å². The lowest BCUT2D eigenvalue weighted by molar-refractivity contribution is 0.112. The van der Waals surface area contributed by atoms with Crippen molar-refractivity contribution in [3.63, 3.8) is 0 Å². The Balaban J connectivity index is 1.43. The van der Waals surface area contributed by atoms with E-state index in [9.17, 15) is 13.2 Å². The smallest absolute Gasteiger partial charge is 0.409 e. The first-order valence-corrected chi connectivity index (χ1v) is 16.0. The molecule has 224 valence electrons. The predicted octanol–water partition coefficient (Wildman–Crippen LogP) is 6.38. The number of methoxy groups -OCH3 is 1. The number of amides is 1. The van der Waals surface area contributed by atoms with E-state index in [1.807, 2.05) is 6.92 Å². The molecule has 2 N–H and O–H groups in total. The monoisotopic (exact) mass is 613 g/mol. The van der Waals surface area contributed by atoms with Gasteiger partial charge in [0.1, 0.15) is 16.9 Å². The van der Waals surface area contributed by atoms with Crippen LogP contribution < -0.4 is 15.4 Å². The van der Waals surface area contributed by atoms with Gasteiger partial charge < -0.3 is 25.0 Å². The Bertz CT molecular complexity index is 1610. The zero-order valence-electron chi connectivity index (χ0n) is 24.4. The normalized spacial score (nSPS) is 17.1. The summed E-state index contributed by atoms with van der Waals surface area (Å²) < 4.78 is 37.1. The molecule has 0 unspecified atom stereocenters. The second-order valence-corrected chi connectivity index (χ2v) is 13.9. The van der Waals surface area contributed by atoms with E-state index in [1.54, 1.807) is 43.0 Å². The van der Waals surface area contributed by atoms with E-state index < -0.39 is 15.1 Å². The van der Waals surface area contributed by atoms with Crippen molar-refractivity contribution in [2.75, 3.05) is 30.8 Å². The molecule has 1 aromatic heterocycles. The van der Waals surface area contributed by atoms with Gasteiger partial charge in [0.15, 0.2) is 15.7 Å². The van der Waals surface area contributed by atoms with Gasteiger partial charge >= 0.3 is 6.09 Å². The number of nitrogens with one attached hydrogen (secondary N) is 2. The average molecular weight is 614 g/mol. The van der Waals surface area contributed by atoms with Crippen LogP contribution in [-0.4, -0.2) is 60.9 Å². The van der Waals surface area contributed by atoms with Gasteiger partial charge in [0.25, 0.3) is 0 Å². The number of piperidine rings is 1. The number of sulfone groups is 1. The number of hydrogen-bond acceptors (Lipinski definition) is 9. The summed E-state index contributed by atoms with van der Waals surface area (Å²) >= 11 is 6.44. The highest BCUT2D eigenvalue weighted by molar-refractivity contribution is 7.92. The molecule has 0 aliphatic carbocycles. The van der Waals surface area contributed by atoms with E-state index in [0.29, 0.717) is 24.7 Å². The number of likely N-dealkylation sites (tertiary alicyclic amines) is 1. The Kier molecular flexibility index (Phi) is 8.52. The number of carbonyl (C=O) groups is 1. The first-order valence-electron chi connectivity index (χ1n) is 14.0. The lowest BCUT2D eigenvalue weighted by atomic mass is 9.82. The van der Waals surface area contributed by atoms with Gasteiger partial charge in [0.2, 0.25) is 5.95 Å². The van der Waals surface area contributed by atoms with Crippen molar-refractivity contribution in [2.45, 2.75) is 69.1 Å². The molecule has 0 spiro atoms. The van der Waals surface area contributed by atoms with Gasteiger partial charge in [-0.3, -0.25) is 0 Å². The summed E-state index contributed by atoms with van der Waals surface area (Å²) in [5.41, 5.74) is 4.71. The van der Waals surface area contributed by atoms with Gasteiger partial charge in [-0.1, -0.05) is 23.7 Å². The van der Waals surface area contributed by atoms with Crippen molar-refractivity contribution in [3.05, 3.63) is 58.2 Å². The minimum Gasteiger partial charge on any atom is -0.488 e. The summed E-state index contributed by atoms with van der Waals surface area (Å²) in [6, 6.07) is 8.73. The van der Waals surface area contributed by atoms with Crippen LogP contribution in [0.25, 0.3) is 0 Å². The second-order valence-electron chi connectivity index (χ2n) is 11.1. The van der Waals surface area contributed by atoms with Crippen molar-refractivity contribution in [1.82, 2.24) is 14.9 Å². The van der Waals surface area contributed by atoms with Crippen molar-refractivity contribution in [2.24, 2.45) is 0 Å². The third-order valence-electron chi connectivity index (χ3n) is 7.83. The lowest BCUT2D eigenvalue weighted by Gasteiger charge is -2.33. The number of nitrogens with zero attached hydrogens (tertiary/aromatic N) is 3. The molecule has 2 aromatic carbocycles. The number of hydrogen-bond donors (Lipinski definition) is 2. The maximum atomic E-state index is 12.9. The third kappa shape index (κ3) is 5.85. The van der Waals surface area contributed by atoms with Crippen LogP contribution in [0.15, 0.2) is 41.4 Å². The minimum atomic E-state index is -3.55. The summed E-state index contributed by atoms with van der Waals surface area (Å²) in [6.07, 6.45) is 3.69. The molecule has 10 nitrogen and oxygen atoms in total. The predicted molar refractivity (Wildman–Crippen MR) is 163 cm³/mol. The van der Waals surface area contributed by atoms with Gasteiger partial charge in [-0.05, 0) is 75.8 Å². The maximum absolute atomic E-state index is 12.9. The number of halogens is 1. The van der Waals surface area contributed by atoms with Gasteiger partial charge in [-0.25, -0.2) is 18.2 Å². The summed E-state index contributed by atoms with van der Waals surface area (Å²) in [7, 11) is -2.13. The molecule has 12 heteroatoms. The topological polar surface area (TPSA) is 123 Å². The molecule has 0 radical (unpaired) electrons. The molecular formula is C30H36ClN5O5S. The number of ether oxygens (including phenoxy) is 2. The summed E-state index contributed by atoms with van der Waals surface area (Å²) in [6.45, 7) is 8.73. The quantitative estimate of drug-likeness (QED) is 0.312. The maximum Gasteiger partial charge on any atom is 0.409 e. The molecule has 42 heavy (non-hydrogen) atoms. The van der Waals surface area contributed by atoms with Crippen LogP contribution in [0.1, 0.15) is 56.2 Å².